The van der Waals surface area contributed by atoms with Gasteiger partial charge in [-0.05, 0) is 55.3 Å². The number of carbonyl (C=O) groups is 1. The first-order chi connectivity index (χ1) is 12.2. The first kappa shape index (κ1) is 16.8. The standard InChI is InChI=1S/C20H21N3O2/c1-3-25-17-10-8-15(9-11-17)18-12-19(23-22-18)20(24)21-13-16-7-5-4-6-14(16)2/h4-12H,3,13H2,1-2H3,(H,21,24)(H,22,23). The predicted molar refractivity (Wildman–Crippen MR) is 97.5 cm³/mol. The van der Waals surface area contributed by atoms with Crippen LogP contribution in [0.15, 0.2) is 54.6 Å². The van der Waals surface area contributed by atoms with Crippen molar-refractivity contribution in [3.8, 4) is 17.0 Å². The molecule has 0 saturated heterocycles. The summed E-state index contributed by atoms with van der Waals surface area (Å²) in [7, 11) is 0. The Balaban J connectivity index is 1.66. The molecule has 128 valence electrons. The van der Waals surface area contributed by atoms with Crippen LogP contribution in [0.3, 0.4) is 0 Å². The number of aromatic amines is 1. The predicted octanol–water partition coefficient (Wildman–Crippen LogP) is 3.71. The Morgan fingerprint density at radius 1 is 1.16 bits per heavy atom. The lowest BCUT2D eigenvalue weighted by atomic mass is 10.1. The number of rotatable bonds is 6. The van der Waals surface area contributed by atoms with Crippen LogP contribution in [-0.4, -0.2) is 22.7 Å². The van der Waals surface area contributed by atoms with Crippen LogP contribution >= 0.6 is 0 Å². The van der Waals surface area contributed by atoms with E-state index in [2.05, 4.69) is 15.5 Å². The quantitative estimate of drug-likeness (QED) is 0.721. The number of H-pyrrole nitrogens is 1. The number of benzene rings is 2. The molecular formula is C20H21N3O2. The summed E-state index contributed by atoms with van der Waals surface area (Å²) >= 11 is 0. The van der Waals surface area contributed by atoms with Crippen molar-refractivity contribution in [1.82, 2.24) is 15.5 Å². The highest BCUT2D eigenvalue weighted by Gasteiger charge is 2.11. The molecule has 0 aliphatic heterocycles. The zero-order valence-corrected chi connectivity index (χ0v) is 14.4. The molecular weight excluding hydrogens is 314 g/mol. The van der Waals surface area contributed by atoms with E-state index in [0.717, 1.165) is 28.1 Å². The maximum absolute atomic E-state index is 12.3. The molecule has 5 nitrogen and oxygen atoms in total. The van der Waals surface area contributed by atoms with Crippen molar-refractivity contribution in [2.24, 2.45) is 0 Å². The third-order valence-electron chi connectivity index (χ3n) is 3.98. The molecule has 3 aromatic rings. The normalized spacial score (nSPS) is 10.5. The largest absolute Gasteiger partial charge is 0.494 e. The van der Waals surface area contributed by atoms with Gasteiger partial charge >= 0.3 is 0 Å². The molecule has 1 heterocycles. The molecule has 0 radical (unpaired) electrons. The molecule has 0 saturated carbocycles. The second-order valence-electron chi connectivity index (χ2n) is 5.73. The second-order valence-corrected chi connectivity index (χ2v) is 5.73. The van der Waals surface area contributed by atoms with Crippen LogP contribution in [-0.2, 0) is 6.54 Å². The lowest BCUT2D eigenvalue weighted by Crippen LogP contribution is -2.23. The van der Waals surface area contributed by atoms with Gasteiger partial charge in [0.05, 0.1) is 12.3 Å². The number of ether oxygens (including phenoxy) is 1. The van der Waals surface area contributed by atoms with Crippen molar-refractivity contribution in [1.29, 1.82) is 0 Å². The molecule has 25 heavy (non-hydrogen) atoms. The van der Waals surface area contributed by atoms with Gasteiger partial charge in [0.25, 0.3) is 5.91 Å². The van der Waals surface area contributed by atoms with E-state index in [4.69, 9.17) is 4.74 Å². The van der Waals surface area contributed by atoms with Gasteiger partial charge in [-0.15, -0.1) is 0 Å². The average molecular weight is 335 g/mol. The number of nitrogens with zero attached hydrogens (tertiary/aromatic N) is 1. The summed E-state index contributed by atoms with van der Waals surface area (Å²) in [5.41, 5.74) is 4.35. The van der Waals surface area contributed by atoms with E-state index in [-0.39, 0.29) is 5.91 Å². The summed E-state index contributed by atoms with van der Waals surface area (Å²) in [6, 6.07) is 17.4. The van der Waals surface area contributed by atoms with Crippen molar-refractivity contribution in [3.05, 3.63) is 71.4 Å². The monoisotopic (exact) mass is 335 g/mol. The average Bonchev–Trinajstić information content (AvgIpc) is 3.12. The molecule has 0 spiro atoms. The minimum Gasteiger partial charge on any atom is -0.494 e. The van der Waals surface area contributed by atoms with Crippen LogP contribution in [0.4, 0.5) is 0 Å². The summed E-state index contributed by atoms with van der Waals surface area (Å²) in [6.45, 7) is 5.10. The first-order valence-electron chi connectivity index (χ1n) is 8.28. The van der Waals surface area contributed by atoms with Crippen LogP contribution < -0.4 is 10.1 Å². The highest BCUT2D eigenvalue weighted by molar-refractivity contribution is 5.93. The number of nitrogens with one attached hydrogen (secondary N) is 2. The van der Waals surface area contributed by atoms with Gasteiger partial charge in [-0.3, -0.25) is 9.89 Å². The molecule has 5 heteroatoms. The molecule has 0 aliphatic carbocycles. The van der Waals surface area contributed by atoms with Crippen LogP contribution in [0.25, 0.3) is 11.3 Å². The molecule has 1 aromatic heterocycles. The van der Waals surface area contributed by atoms with Gasteiger partial charge in [0.2, 0.25) is 0 Å². The Labute approximate surface area is 147 Å². The number of aromatic nitrogens is 2. The number of aryl methyl sites for hydroxylation is 1. The fourth-order valence-corrected chi connectivity index (χ4v) is 2.55. The fraction of sp³-hybridized carbons (Fsp3) is 0.200. The van der Waals surface area contributed by atoms with E-state index in [1.807, 2.05) is 62.4 Å². The van der Waals surface area contributed by atoms with Gasteiger partial charge < -0.3 is 10.1 Å². The molecule has 2 N–H and O–H groups in total. The van der Waals surface area contributed by atoms with Crippen LogP contribution in [0.2, 0.25) is 0 Å². The summed E-state index contributed by atoms with van der Waals surface area (Å²) in [5.74, 6) is 0.644. The maximum atomic E-state index is 12.3. The van der Waals surface area contributed by atoms with E-state index in [1.54, 1.807) is 6.07 Å². The third-order valence-corrected chi connectivity index (χ3v) is 3.98. The highest BCUT2D eigenvalue weighted by Crippen LogP contribution is 2.21. The number of hydrogen-bond acceptors (Lipinski definition) is 3. The van der Waals surface area contributed by atoms with Crippen molar-refractivity contribution < 1.29 is 9.53 Å². The summed E-state index contributed by atoms with van der Waals surface area (Å²) < 4.78 is 5.43. The molecule has 2 aromatic carbocycles. The highest BCUT2D eigenvalue weighted by atomic mass is 16.5. The van der Waals surface area contributed by atoms with E-state index >= 15 is 0 Å². The summed E-state index contributed by atoms with van der Waals surface area (Å²) in [6.07, 6.45) is 0. The molecule has 3 rings (SSSR count). The topological polar surface area (TPSA) is 67.0 Å². The van der Waals surface area contributed by atoms with Gasteiger partial charge in [0, 0.05) is 12.1 Å². The van der Waals surface area contributed by atoms with Gasteiger partial charge in [-0.2, -0.15) is 5.10 Å². The Hall–Kier alpha value is -3.08. The van der Waals surface area contributed by atoms with Crippen LogP contribution in [0.1, 0.15) is 28.5 Å². The van der Waals surface area contributed by atoms with Crippen molar-refractivity contribution >= 4 is 5.91 Å². The molecule has 0 aliphatic rings. The minimum absolute atomic E-state index is 0.173. The number of hydrogen-bond donors (Lipinski definition) is 2. The summed E-state index contributed by atoms with van der Waals surface area (Å²) in [5, 5.41) is 9.95. The van der Waals surface area contributed by atoms with Gasteiger partial charge in [-0.1, -0.05) is 24.3 Å². The zero-order valence-electron chi connectivity index (χ0n) is 14.4. The Kier molecular flexibility index (Phi) is 5.14. The van der Waals surface area contributed by atoms with Gasteiger partial charge in [0.1, 0.15) is 11.4 Å². The number of carbonyl (C=O) groups excluding carboxylic acids is 1. The maximum Gasteiger partial charge on any atom is 0.269 e. The Morgan fingerprint density at radius 2 is 1.92 bits per heavy atom. The molecule has 1 amide bonds. The van der Waals surface area contributed by atoms with Gasteiger partial charge in [0.15, 0.2) is 0 Å². The van der Waals surface area contributed by atoms with Gasteiger partial charge in [-0.25, -0.2) is 0 Å². The number of amides is 1. The van der Waals surface area contributed by atoms with E-state index in [0.29, 0.717) is 18.8 Å². The van der Waals surface area contributed by atoms with E-state index in [1.165, 1.54) is 0 Å². The van der Waals surface area contributed by atoms with E-state index < -0.39 is 0 Å². The molecule has 0 atom stereocenters. The molecule has 0 bridgehead atoms. The smallest absolute Gasteiger partial charge is 0.269 e. The van der Waals surface area contributed by atoms with Crippen molar-refractivity contribution in [3.63, 3.8) is 0 Å². The SMILES string of the molecule is CCOc1ccc(-c2cc(C(=O)NCc3ccccc3C)[nH]n2)cc1. The van der Waals surface area contributed by atoms with Crippen LogP contribution in [0.5, 0.6) is 5.75 Å². The van der Waals surface area contributed by atoms with Crippen LogP contribution in [0, 0.1) is 6.92 Å². The molecule has 0 unspecified atom stereocenters. The first-order valence-corrected chi connectivity index (χ1v) is 8.28. The third kappa shape index (κ3) is 4.07. The Morgan fingerprint density at radius 3 is 2.64 bits per heavy atom. The van der Waals surface area contributed by atoms with Crippen molar-refractivity contribution in [2.75, 3.05) is 6.61 Å². The minimum atomic E-state index is -0.173. The Bertz CT molecular complexity index is 853. The fourth-order valence-electron chi connectivity index (χ4n) is 2.55. The summed E-state index contributed by atoms with van der Waals surface area (Å²) in [4.78, 5) is 12.3. The molecule has 0 fully saturated rings. The lowest BCUT2D eigenvalue weighted by Gasteiger charge is -2.06. The van der Waals surface area contributed by atoms with Crippen molar-refractivity contribution in [2.45, 2.75) is 20.4 Å². The lowest BCUT2D eigenvalue weighted by molar-refractivity contribution is 0.0946. The van der Waals surface area contributed by atoms with E-state index in [9.17, 15) is 4.79 Å². The zero-order chi connectivity index (χ0) is 17.6. The second kappa shape index (κ2) is 7.66.